The van der Waals surface area contributed by atoms with Gasteiger partial charge in [-0.05, 0) is 64.3 Å². The number of rotatable bonds is 2. The van der Waals surface area contributed by atoms with E-state index in [4.69, 9.17) is 4.74 Å². The molecule has 5 nitrogen and oxygen atoms in total. The second kappa shape index (κ2) is 5.99. The van der Waals surface area contributed by atoms with Crippen molar-refractivity contribution in [2.24, 2.45) is 0 Å². The Balaban J connectivity index is 2.25. The summed E-state index contributed by atoms with van der Waals surface area (Å²) >= 11 is 0. The molecule has 0 aliphatic carbocycles. The van der Waals surface area contributed by atoms with Gasteiger partial charge in [0.25, 0.3) is 0 Å². The van der Waals surface area contributed by atoms with Crippen LogP contribution in [0, 0.1) is 6.92 Å². The highest BCUT2D eigenvalue weighted by molar-refractivity contribution is 5.97. The van der Waals surface area contributed by atoms with Crippen LogP contribution in [0.25, 0.3) is 0 Å². The van der Waals surface area contributed by atoms with E-state index in [1.807, 2.05) is 46.8 Å². The number of anilines is 2. The summed E-state index contributed by atoms with van der Waals surface area (Å²) < 4.78 is 5.29. The highest BCUT2D eigenvalue weighted by Gasteiger charge is 2.24. The van der Waals surface area contributed by atoms with Crippen molar-refractivity contribution >= 4 is 23.4 Å². The summed E-state index contributed by atoms with van der Waals surface area (Å²) in [5, 5.41) is 2.80. The van der Waals surface area contributed by atoms with Crippen molar-refractivity contribution in [3.8, 4) is 0 Å². The van der Waals surface area contributed by atoms with Gasteiger partial charge in [-0.15, -0.1) is 0 Å². The number of ether oxygens (including phenoxy) is 1. The van der Waals surface area contributed by atoms with Crippen molar-refractivity contribution in [3.63, 3.8) is 0 Å². The third-order valence-electron chi connectivity index (χ3n) is 3.58. The van der Waals surface area contributed by atoms with Crippen molar-refractivity contribution in [2.75, 3.05) is 16.8 Å². The second-order valence-corrected chi connectivity index (χ2v) is 6.56. The van der Waals surface area contributed by atoms with Crippen LogP contribution in [0.5, 0.6) is 0 Å². The monoisotopic (exact) mass is 304 g/mol. The smallest absolute Gasteiger partial charge is 0.412 e. The topological polar surface area (TPSA) is 58.6 Å². The summed E-state index contributed by atoms with van der Waals surface area (Å²) in [7, 11) is 0. The summed E-state index contributed by atoms with van der Waals surface area (Å²) in [5.74, 6) is 0.155. The zero-order valence-electron chi connectivity index (χ0n) is 13.9. The maximum atomic E-state index is 12.0. The second-order valence-electron chi connectivity index (χ2n) is 6.56. The lowest BCUT2D eigenvalue weighted by Crippen LogP contribution is -2.35. The van der Waals surface area contributed by atoms with Crippen LogP contribution in [0.1, 0.15) is 45.2 Å². The highest BCUT2D eigenvalue weighted by Crippen LogP contribution is 2.32. The van der Waals surface area contributed by atoms with Crippen molar-refractivity contribution in [2.45, 2.75) is 53.1 Å². The molecule has 1 aromatic carbocycles. The van der Waals surface area contributed by atoms with Gasteiger partial charge in [-0.1, -0.05) is 0 Å². The van der Waals surface area contributed by atoms with E-state index in [1.165, 1.54) is 0 Å². The van der Waals surface area contributed by atoms with Crippen LogP contribution in [0.4, 0.5) is 16.2 Å². The van der Waals surface area contributed by atoms with Crippen molar-refractivity contribution in [3.05, 3.63) is 23.3 Å². The van der Waals surface area contributed by atoms with Gasteiger partial charge in [0.1, 0.15) is 5.60 Å². The van der Waals surface area contributed by atoms with E-state index in [0.29, 0.717) is 19.4 Å². The fraction of sp³-hybridized carbons (Fsp3) is 0.529. The molecule has 120 valence electrons. The van der Waals surface area contributed by atoms with E-state index in [9.17, 15) is 9.59 Å². The molecular weight excluding hydrogens is 280 g/mol. The molecule has 1 aliphatic heterocycles. The number of aryl methyl sites for hydroxylation is 2. The van der Waals surface area contributed by atoms with Crippen molar-refractivity contribution in [1.29, 1.82) is 0 Å². The SMILES string of the molecule is CCN1C(=O)CCc2cc(NC(=O)OC(C)(C)C)c(C)cc21. The molecule has 0 fully saturated rings. The number of amides is 2. The molecule has 2 rings (SSSR count). The molecule has 0 saturated carbocycles. The Labute approximate surface area is 131 Å². The number of nitrogens with one attached hydrogen (secondary N) is 1. The minimum Gasteiger partial charge on any atom is -0.444 e. The predicted octanol–water partition coefficient (Wildman–Crippen LogP) is 3.64. The lowest BCUT2D eigenvalue weighted by molar-refractivity contribution is -0.118. The Hall–Kier alpha value is -2.04. The van der Waals surface area contributed by atoms with E-state index in [1.54, 1.807) is 4.90 Å². The van der Waals surface area contributed by atoms with E-state index in [-0.39, 0.29) is 5.91 Å². The van der Waals surface area contributed by atoms with E-state index < -0.39 is 11.7 Å². The van der Waals surface area contributed by atoms with Crippen molar-refractivity contribution in [1.82, 2.24) is 0 Å². The van der Waals surface area contributed by atoms with Gasteiger partial charge >= 0.3 is 6.09 Å². The molecule has 0 spiro atoms. The van der Waals surface area contributed by atoms with Crippen LogP contribution in [-0.4, -0.2) is 24.1 Å². The first-order chi connectivity index (χ1) is 10.2. The molecule has 0 aromatic heterocycles. The molecule has 0 unspecified atom stereocenters. The van der Waals surface area contributed by atoms with Gasteiger partial charge < -0.3 is 9.64 Å². The molecule has 2 amide bonds. The highest BCUT2D eigenvalue weighted by atomic mass is 16.6. The minimum absolute atomic E-state index is 0.155. The van der Waals surface area contributed by atoms with Gasteiger partial charge in [0.2, 0.25) is 5.91 Å². The lowest BCUT2D eigenvalue weighted by Gasteiger charge is -2.29. The minimum atomic E-state index is -0.530. The molecular formula is C17H24N2O3. The molecule has 0 saturated heterocycles. The van der Waals surface area contributed by atoms with Crippen molar-refractivity contribution < 1.29 is 14.3 Å². The van der Waals surface area contributed by atoms with Crippen LogP contribution in [0.3, 0.4) is 0 Å². The Kier molecular flexibility index (Phi) is 4.44. The quantitative estimate of drug-likeness (QED) is 0.907. The molecule has 5 heteroatoms. The average molecular weight is 304 g/mol. The normalized spacial score (nSPS) is 14.6. The third-order valence-corrected chi connectivity index (χ3v) is 3.58. The lowest BCUT2D eigenvalue weighted by atomic mass is 9.98. The number of carbonyl (C=O) groups excluding carboxylic acids is 2. The standard InChI is InChI=1S/C17H24N2O3/c1-6-19-14-9-11(2)13(10-12(14)7-8-15(19)20)18-16(21)22-17(3,4)5/h9-10H,6-8H2,1-5H3,(H,18,21). The van der Waals surface area contributed by atoms with Gasteiger partial charge in [-0.3, -0.25) is 10.1 Å². The van der Waals surface area contributed by atoms with E-state index >= 15 is 0 Å². The number of carbonyl (C=O) groups is 2. The van der Waals surface area contributed by atoms with Gasteiger partial charge in [0.05, 0.1) is 0 Å². The van der Waals surface area contributed by atoms with Gasteiger partial charge in [0.15, 0.2) is 0 Å². The van der Waals surface area contributed by atoms with E-state index in [0.717, 1.165) is 22.5 Å². The Morgan fingerprint density at radius 2 is 2.00 bits per heavy atom. The number of nitrogens with zero attached hydrogens (tertiary/aromatic N) is 1. The maximum absolute atomic E-state index is 12.0. The fourth-order valence-electron chi connectivity index (χ4n) is 2.59. The van der Waals surface area contributed by atoms with Gasteiger partial charge in [-0.2, -0.15) is 0 Å². The summed E-state index contributed by atoms with van der Waals surface area (Å²) in [6, 6.07) is 3.91. The molecule has 0 radical (unpaired) electrons. The number of benzene rings is 1. The zero-order chi connectivity index (χ0) is 16.5. The number of fused-ring (bicyclic) bond motifs is 1. The predicted molar refractivity (Wildman–Crippen MR) is 87.4 cm³/mol. The Morgan fingerprint density at radius 3 is 2.59 bits per heavy atom. The molecule has 22 heavy (non-hydrogen) atoms. The van der Waals surface area contributed by atoms with Crippen LogP contribution >= 0.6 is 0 Å². The number of hydrogen-bond donors (Lipinski definition) is 1. The van der Waals surface area contributed by atoms with Gasteiger partial charge in [0, 0.05) is 24.3 Å². The molecule has 1 aliphatic rings. The van der Waals surface area contributed by atoms with Crippen LogP contribution < -0.4 is 10.2 Å². The Bertz CT molecular complexity index is 603. The molecule has 0 atom stereocenters. The Morgan fingerprint density at radius 1 is 1.32 bits per heavy atom. The summed E-state index contributed by atoms with van der Waals surface area (Å²) in [6.07, 6.45) is 0.749. The van der Waals surface area contributed by atoms with Crippen LogP contribution in [0.2, 0.25) is 0 Å². The number of hydrogen-bond acceptors (Lipinski definition) is 3. The summed E-state index contributed by atoms with van der Waals surface area (Å²) in [4.78, 5) is 25.7. The largest absolute Gasteiger partial charge is 0.444 e. The summed E-state index contributed by atoms with van der Waals surface area (Å²) in [5.41, 5.74) is 3.15. The van der Waals surface area contributed by atoms with Gasteiger partial charge in [-0.25, -0.2) is 4.79 Å². The molecule has 1 aromatic rings. The van der Waals surface area contributed by atoms with Crippen LogP contribution in [-0.2, 0) is 16.0 Å². The molecule has 1 N–H and O–H groups in total. The third kappa shape index (κ3) is 3.59. The zero-order valence-corrected chi connectivity index (χ0v) is 13.9. The average Bonchev–Trinajstić information content (AvgIpc) is 2.38. The maximum Gasteiger partial charge on any atom is 0.412 e. The first-order valence-electron chi connectivity index (χ1n) is 7.65. The molecule has 0 bridgehead atoms. The van der Waals surface area contributed by atoms with Crippen LogP contribution in [0.15, 0.2) is 12.1 Å². The first kappa shape index (κ1) is 16.3. The molecule has 1 heterocycles. The first-order valence-corrected chi connectivity index (χ1v) is 7.65. The van der Waals surface area contributed by atoms with E-state index in [2.05, 4.69) is 5.32 Å². The summed E-state index contributed by atoms with van der Waals surface area (Å²) in [6.45, 7) is 10.0. The fourth-order valence-corrected chi connectivity index (χ4v) is 2.59.